The molecule has 26 heavy (non-hydrogen) atoms. The van der Waals surface area contributed by atoms with E-state index in [9.17, 15) is 4.79 Å². The van der Waals surface area contributed by atoms with Gasteiger partial charge in [-0.1, -0.05) is 36.4 Å². The minimum atomic E-state index is -0.00769. The van der Waals surface area contributed by atoms with E-state index in [1.807, 2.05) is 49.1 Å². The standard InChI is InChI=1S/C21H26N2O2.ClH/c1-15-10-16(2)12-18(11-15)25-9-8-21(24)23-13-19(20(22)14-23)17-6-4-3-5-7-17;/h3-7,10-12,19-20H,8-9,13-14,22H2,1-2H3;1H/t19-,20+;/m0./s1. The number of nitrogens with zero attached hydrogens (tertiary/aromatic N) is 1. The maximum Gasteiger partial charge on any atom is 0.226 e. The SMILES string of the molecule is Cc1cc(C)cc(OCCC(=O)N2C[C@@H](N)[C@H](c3ccccc3)C2)c1.Cl. The average Bonchev–Trinajstić information content (AvgIpc) is 2.97. The van der Waals surface area contributed by atoms with Gasteiger partial charge in [0.1, 0.15) is 5.75 Å². The first kappa shape index (κ1) is 20.3. The first-order valence-corrected chi connectivity index (χ1v) is 8.82. The van der Waals surface area contributed by atoms with E-state index in [1.165, 1.54) is 5.56 Å². The van der Waals surface area contributed by atoms with Crippen LogP contribution < -0.4 is 10.5 Å². The highest BCUT2D eigenvalue weighted by atomic mass is 35.5. The molecule has 4 nitrogen and oxygen atoms in total. The number of aryl methyl sites for hydroxylation is 2. The molecule has 2 aromatic carbocycles. The van der Waals surface area contributed by atoms with Crippen LogP contribution in [0.1, 0.15) is 29.0 Å². The van der Waals surface area contributed by atoms with Gasteiger partial charge < -0.3 is 15.4 Å². The molecule has 1 aliphatic heterocycles. The van der Waals surface area contributed by atoms with Gasteiger partial charge in [0.15, 0.2) is 0 Å². The van der Waals surface area contributed by atoms with Gasteiger partial charge in [-0.05, 0) is 42.7 Å². The molecule has 0 aromatic heterocycles. The Balaban J connectivity index is 0.00000243. The van der Waals surface area contributed by atoms with Crippen molar-refractivity contribution in [2.45, 2.75) is 32.2 Å². The van der Waals surface area contributed by atoms with E-state index in [1.54, 1.807) is 0 Å². The summed E-state index contributed by atoms with van der Waals surface area (Å²) in [5, 5.41) is 0. The molecule has 1 amide bonds. The number of likely N-dealkylation sites (tertiary alicyclic amines) is 1. The molecule has 1 fully saturated rings. The van der Waals surface area contributed by atoms with Crippen molar-refractivity contribution in [1.82, 2.24) is 4.90 Å². The molecule has 0 bridgehead atoms. The fourth-order valence-corrected chi connectivity index (χ4v) is 3.52. The van der Waals surface area contributed by atoms with Gasteiger partial charge in [0.05, 0.1) is 13.0 Å². The molecular formula is C21H27ClN2O2. The highest BCUT2D eigenvalue weighted by Crippen LogP contribution is 2.26. The fraction of sp³-hybridized carbons (Fsp3) is 0.381. The van der Waals surface area contributed by atoms with E-state index in [4.69, 9.17) is 10.5 Å². The Bertz CT molecular complexity index is 716. The van der Waals surface area contributed by atoms with Gasteiger partial charge in [-0.25, -0.2) is 0 Å². The topological polar surface area (TPSA) is 55.6 Å². The van der Waals surface area contributed by atoms with Crippen LogP contribution in [0.5, 0.6) is 5.75 Å². The lowest BCUT2D eigenvalue weighted by Crippen LogP contribution is -2.32. The molecule has 2 N–H and O–H groups in total. The van der Waals surface area contributed by atoms with Crippen molar-refractivity contribution in [2.24, 2.45) is 5.73 Å². The lowest BCUT2D eigenvalue weighted by molar-refractivity contribution is -0.130. The molecule has 0 aliphatic carbocycles. The molecule has 1 heterocycles. The third-order valence-corrected chi connectivity index (χ3v) is 4.73. The van der Waals surface area contributed by atoms with Crippen LogP contribution in [0, 0.1) is 13.8 Å². The lowest BCUT2D eigenvalue weighted by atomic mass is 9.95. The number of ether oxygens (including phenoxy) is 1. The van der Waals surface area contributed by atoms with Crippen molar-refractivity contribution < 1.29 is 9.53 Å². The van der Waals surface area contributed by atoms with Gasteiger partial charge in [0.2, 0.25) is 5.91 Å². The van der Waals surface area contributed by atoms with Gasteiger partial charge in [-0.15, -0.1) is 12.4 Å². The minimum Gasteiger partial charge on any atom is -0.493 e. The number of amides is 1. The molecule has 0 spiro atoms. The van der Waals surface area contributed by atoms with Gasteiger partial charge in [0, 0.05) is 25.0 Å². The van der Waals surface area contributed by atoms with Crippen LogP contribution in [-0.2, 0) is 4.79 Å². The summed E-state index contributed by atoms with van der Waals surface area (Å²) in [6, 6.07) is 16.3. The van der Waals surface area contributed by atoms with Gasteiger partial charge in [0.25, 0.3) is 0 Å². The number of carbonyl (C=O) groups is 1. The Kier molecular flexibility index (Phi) is 7.06. The Morgan fingerprint density at radius 1 is 1.12 bits per heavy atom. The van der Waals surface area contributed by atoms with Gasteiger partial charge in [-0.2, -0.15) is 0 Å². The molecule has 2 aromatic rings. The first-order valence-electron chi connectivity index (χ1n) is 8.82. The summed E-state index contributed by atoms with van der Waals surface area (Å²) in [5.74, 6) is 1.15. The molecule has 1 aliphatic rings. The predicted molar refractivity (Wildman–Crippen MR) is 107 cm³/mol. The number of benzene rings is 2. The van der Waals surface area contributed by atoms with Crippen LogP contribution >= 0.6 is 12.4 Å². The summed E-state index contributed by atoms with van der Waals surface area (Å²) in [4.78, 5) is 14.4. The first-order chi connectivity index (χ1) is 12.0. The number of rotatable bonds is 5. The van der Waals surface area contributed by atoms with Crippen LogP contribution in [0.15, 0.2) is 48.5 Å². The van der Waals surface area contributed by atoms with E-state index >= 15 is 0 Å². The van der Waals surface area contributed by atoms with Crippen molar-refractivity contribution in [2.75, 3.05) is 19.7 Å². The monoisotopic (exact) mass is 374 g/mol. The number of hydrogen-bond donors (Lipinski definition) is 1. The smallest absolute Gasteiger partial charge is 0.226 e. The summed E-state index contributed by atoms with van der Waals surface area (Å²) in [7, 11) is 0. The molecule has 0 saturated carbocycles. The minimum absolute atomic E-state index is 0. The maximum atomic E-state index is 12.5. The van der Waals surface area contributed by atoms with Crippen molar-refractivity contribution in [3.05, 3.63) is 65.2 Å². The van der Waals surface area contributed by atoms with E-state index in [0.29, 0.717) is 26.1 Å². The third-order valence-electron chi connectivity index (χ3n) is 4.73. The Labute approximate surface area is 161 Å². The predicted octanol–water partition coefficient (Wildman–Crippen LogP) is 3.45. The Hall–Kier alpha value is -2.04. The van der Waals surface area contributed by atoms with Crippen LogP contribution in [0.25, 0.3) is 0 Å². The second-order valence-corrected chi connectivity index (χ2v) is 6.90. The zero-order chi connectivity index (χ0) is 17.8. The highest BCUT2D eigenvalue weighted by Gasteiger charge is 2.33. The second kappa shape index (κ2) is 9.06. The molecule has 5 heteroatoms. The van der Waals surface area contributed by atoms with Crippen molar-refractivity contribution >= 4 is 18.3 Å². The van der Waals surface area contributed by atoms with Crippen LogP contribution in [-0.4, -0.2) is 36.5 Å². The average molecular weight is 375 g/mol. The quantitative estimate of drug-likeness (QED) is 0.872. The van der Waals surface area contributed by atoms with Crippen molar-refractivity contribution in [3.63, 3.8) is 0 Å². The van der Waals surface area contributed by atoms with Crippen LogP contribution in [0.2, 0.25) is 0 Å². The Morgan fingerprint density at radius 3 is 2.42 bits per heavy atom. The summed E-state index contributed by atoms with van der Waals surface area (Å²) in [6.45, 7) is 5.78. The van der Waals surface area contributed by atoms with E-state index in [-0.39, 0.29) is 30.3 Å². The third kappa shape index (κ3) is 4.99. The van der Waals surface area contributed by atoms with Gasteiger partial charge in [-0.3, -0.25) is 4.79 Å². The highest BCUT2D eigenvalue weighted by molar-refractivity contribution is 5.85. The van der Waals surface area contributed by atoms with Crippen LogP contribution in [0.4, 0.5) is 0 Å². The van der Waals surface area contributed by atoms with E-state index < -0.39 is 0 Å². The second-order valence-electron chi connectivity index (χ2n) is 6.90. The largest absolute Gasteiger partial charge is 0.493 e. The Morgan fingerprint density at radius 2 is 1.77 bits per heavy atom. The van der Waals surface area contributed by atoms with Crippen LogP contribution in [0.3, 0.4) is 0 Å². The summed E-state index contributed by atoms with van der Waals surface area (Å²) >= 11 is 0. The fourth-order valence-electron chi connectivity index (χ4n) is 3.52. The number of nitrogens with two attached hydrogens (primary N) is 1. The van der Waals surface area contributed by atoms with E-state index in [0.717, 1.165) is 16.9 Å². The maximum absolute atomic E-state index is 12.5. The molecule has 1 saturated heterocycles. The lowest BCUT2D eigenvalue weighted by Gasteiger charge is -2.17. The van der Waals surface area contributed by atoms with Crippen molar-refractivity contribution in [1.29, 1.82) is 0 Å². The number of hydrogen-bond acceptors (Lipinski definition) is 3. The normalized spacial score (nSPS) is 19.1. The molecule has 3 rings (SSSR count). The molecular weight excluding hydrogens is 348 g/mol. The number of carbonyl (C=O) groups excluding carboxylic acids is 1. The zero-order valence-electron chi connectivity index (χ0n) is 15.4. The van der Waals surface area contributed by atoms with Gasteiger partial charge >= 0.3 is 0 Å². The summed E-state index contributed by atoms with van der Waals surface area (Å²) in [5.41, 5.74) is 9.80. The molecule has 2 atom stereocenters. The molecule has 140 valence electrons. The zero-order valence-corrected chi connectivity index (χ0v) is 16.2. The molecule has 0 radical (unpaired) electrons. The molecule has 0 unspecified atom stereocenters. The summed E-state index contributed by atoms with van der Waals surface area (Å²) < 4.78 is 5.76. The van der Waals surface area contributed by atoms with E-state index in [2.05, 4.69) is 18.2 Å². The van der Waals surface area contributed by atoms with Crippen molar-refractivity contribution in [3.8, 4) is 5.75 Å². The number of halogens is 1. The summed E-state index contributed by atoms with van der Waals surface area (Å²) in [6.07, 6.45) is 0.376.